The van der Waals surface area contributed by atoms with Crippen molar-refractivity contribution >= 4 is 5.91 Å². The van der Waals surface area contributed by atoms with Crippen LogP contribution in [-0.4, -0.2) is 39.6 Å². The van der Waals surface area contributed by atoms with E-state index in [2.05, 4.69) is 21.6 Å². The van der Waals surface area contributed by atoms with Gasteiger partial charge in [-0.25, -0.2) is 4.98 Å². The van der Waals surface area contributed by atoms with Gasteiger partial charge in [-0.1, -0.05) is 30.3 Å². The Morgan fingerprint density at radius 3 is 2.96 bits per heavy atom. The molecule has 2 aliphatic heterocycles. The Labute approximate surface area is 141 Å². The Hall–Kier alpha value is -2.14. The molecule has 3 aliphatic rings. The molecule has 2 atom stereocenters. The lowest BCUT2D eigenvalue weighted by molar-refractivity contribution is 0.0667. The predicted octanol–water partition coefficient (Wildman–Crippen LogP) is 2.70. The minimum atomic E-state index is 0.0960. The number of rotatable bonds is 2. The molecule has 24 heavy (non-hydrogen) atoms. The molecular weight excluding hydrogens is 302 g/mol. The number of aromatic nitrogens is 2. The van der Waals surface area contributed by atoms with Gasteiger partial charge in [0.15, 0.2) is 5.69 Å². The van der Waals surface area contributed by atoms with Gasteiger partial charge < -0.3 is 14.2 Å². The maximum Gasteiger partial charge on any atom is 0.274 e. The van der Waals surface area contributed by atoms with Crippen LogP contribution in [0.25, 0.3) is 11.4 Å². The highest BCUT2D eigenvalue weighted by Gasteiger charge is 2.47. The van der Waals surface area contributed by atoms with Crippen LogP contribution in [-0.2, 0) is 17.9 Å². The van der Waals surface area contributed by atoms with Crippen LogP contribution in [0.4, 0.5) is 0 Å². The fraction of sp³-hybridized carbons (Fsp3) is 0.474. The van der Waals surface area contributed by atoms with Crippen molar-refractivity contribution in [3.8, 4) is 11.4 Å². The molecule has 1 saturated heterocycles. The van der Waals surface area contributed by atoms with Gasteiger partial charge in [0.2, 0.25) is 0 Å². The average molecular weight is 323 g/mol. The van der Waals surface area contributed by atoms with Crippen LogP contribution in [0.1, 0.15) is 35.4 Å². The largest absolute Gasteiger partial charge is 0.373 e. The second-order valence-electron chi connectivity index (χ2n) is 7.00. The Morgan fingerprint density at radius 2 is 2.08 bits per heavy atom. The standard InChI is InChI=1S/C19H21N3O2/c23-19(22-8-4-7-14-11-15(14)22)17-16-12-24-10-9-21(16)18(20-17)13-5-2-1-3-6-13/h1-3,5-6,14-15H,4,7-12H2. The summed E-state index contributed by atoms with van der Waals surface area (Å²) in [6.45, 7) is 2.77. The molecule has 1 aromatic carbocycles. The number of hydrogen-bond donors (Lipinski definition) is 0. The number of fused-ring (bicyclic) bond motifs is 2. The van der Waals surface area contributed by atoms with E-state index in [0.717, 1.165) is 42.5 Å². The first-order valence-electron chi connectivity index (χ1n) is 8.86. The van der Waals surface area contributed by atoms with Crippen molar-refractivity contribution in [2.75, 3.05) is 13.2 Å². The Bertz CT molecular complexity index is 783. The molecule has 5 nitrogen and oxygen atoms in total. The molecular formula is C19H21N3O2. The molecule has 0 N–H and O–H groups in total. The van der Waals surface area contributed by atoms with E-state index in [4.69, 9.17) is 9.72 Å². The van der Waals surface area contributed by atoms with Gasteiger partial charge in [0.1, 0.15) is 5.82 Å². The van der Waals surface area contributed by atoms with Crippen LogP contribution < -0.4 is 0 Å². The summed E-state index contributed by atoms with van der Waals surface area (Å²) in [5.74, 6) is 1.71. The third-order valence-electron chi connectivity index (χ3n) is 5.53. The zero-order chi connectivity index (χ0) is 16.1. The van der Waals surface area contributed by atoms with Crippen LogP contribution in [0, 0.1) is 5.92 Å². The molecule has 2 unspecified atom stereocenters. The second-order valence-corrected chi connectivity index (χ2v) is 7.00. The average Bonchev–Trinajstić information content (AvgIpc) is 3.34. The maximum atomic E-state index is 13.1. The number of carbonyl (C=O) groups is 1. The molecule has 1 aromatic heterocycles. The lowest BCUT2D eigenvalue weighted by Gasteiger charge is -2.26. The zero-order valence-electron chi connectivity index (χ0n) is 13.6. The van der Waals surface area contributed by atoms with Crippen molar-refractivity contribution in [2.45, 2.75) is 38.5 Å². The molecule has 0 bridgehead atoms. The smallest absolute Gasteiger partial charge is 0.274 e. The minimum absolute atomic E-state index is 0.0960. The highest BCUT2D eigenvalue weighted by atomic mass is 16.5. The highest BCUT2D eigenvalue weighted by molar-refractivity contribution is 5.95. The lowest BCUT2D eigenvalue weighted by Crippen LogP contribution is -2.38. The van der Waals surface area contributed by atoms with Crippen molar-refractivity contribution in [3.05, 3.63) is 41.7 Å². The van der Waals surface area contributed by atoms with Gasteiger partial charge in [0.05, 0.1) is 18.9 Å². The van der Waals surface area contributed by atoms with Crippen molar-refractivity contribution < 1.29 is 9.53 Å². The third kappa shape index (κ3) is 2.18. The van der Waals surface area contributed by atoms with E-state index in [1.54, 1.807) is 0 Å². The van der Waals surface area contributed by atoms with Gasteiger partial charge in [-0.3, -0.25) is 4.79 Å². The van der Waals surface area contributed by atoms with Crippen molar-refractivity contribution in [1.29, 1.82) is 0 Å². The number of hydrogen-bond acceptors (Lipinski definition) is 3. The Kier molecular flexibility index (Phi) is 3.23. The Morgan fingerprint density at radius 1 is 1.21 bits per heavy atom. The van der Waals surface area contributed by atoms with Crippen LogP contribution in [0.2, 0.25) is 0 Å². The van der Waals surface area contributed by atoms with E-state index in [-0.39, 0.29) is 5.91 Å². The van der Waals surface area contributed by atoms with Crippen LogP contribution in [0.3, 0.4) is 0 Å². The highest BCUT2D eigenvalue weighted by Crippen LogP contribution is 2.43. The predicted molar refractivity (Wildman–Crippen MR) is 89.5 cm³/mol. The number of ether oxygens (including phenoxy) is 1. The van der Waals surface area contributed by atoms with Gasteiger partial charge in [-0.2, -0.15) is 0 Å². The lowest BCUT2D eigenvalue weighted by atomic mass is 10.1. The third-order valence-corrected chi connectivity index (χ3v) is 5.53. The van der Waals surface area contributed by atoms with Gasteiger partial charge in [-0.05, 0) is 25.2 Å². The first-order chi connectivity index (χ1) is 11.8. The van der Waals surface area contributed by atoms with E-state index in [1.807, 2.05) is 18.2 Å². The summed E-state index contributed by atoms with van der Waals surface area (Å²) >= 11 is 0. The van der Waals surface area contributed by atoms with Gasteiger partial charge in [-0.15, -0.1) is 0 Å². The number of imidazole rings is 1. The quantitative estimate of drug-likeness (QED) is 0.854. The maximum absolute atomic E-state index is 13.1. The van der Waals surface area contributed by atoms with Crippen molar-refractivity contribution in [3.63, 3.8) is 0 Å². The molecule has 0 spiro atoms. The summed E-state index contributed by atoms with van der Waals surface area (Å²) in [5, 5.41) is 0. The second kappa shape index (κ2) is 5.45. The molecule has 1 saturated carbocycles. The molecule has 3 heterocycles. The van der Waals surface area contributed by atoms with Gasteiger partial charge >= 0.3 is 0 Å². The summed E-state index contributed by atoms with van der Waals surface area (Å²) in [5.41, 5.74) is 2.59. The molecule has 0 radical (unpaired) electrons. The minimum Gasteiger partial charge on any atom is -0.373 e. The van der Waals surface area contributed by atoms with E-state index in [9.17, 15) is 4.79 Å². The normalized spacial score (nSPS) is 25.1. The SMILES string of the molecule is O=C(c1nc(-c2ccccc2)n2c1COCC2)N1CCCC2CC21. The number of carbonyl (C=O) groups excluding carboxylic acids is 1. The summed E-state index contributed by atoms with van der Waals surface area (Å²) in [6, 6.07) is 10.6. The Balaban J connectivity index is 1.56. The van der Waals surface area contributed by atoms with Crippen LogP contribution >= 0.6 is 0 Å². The molecule has 5 heteroatoms. The van der Waals surface area contributed by atoms with Crippen molar-refractivity contribution in [2.24, 2.45) is 5.92 Å². The van der Waals surface area contributed by atoms with Crippen molar-refractivity contribution in [1.82, 2.24) is 14.5 Å². The van der Waals surface area contributed by atoms with Crippen LogP contribution in [0.15, 0.2) is 30.3 Å². The molecule has 124 valence electrons. The molecule has 2 aromatic rings. The number of amides is 1. The fourth-order valence-corrected chi connectivity index (χ4v) is 4.18. The van der Waals surface area contributed by atoms with E-state index >= 15 is 0 Å². The molecule has 2 fully saturated rings. The topological polar surface area (TPSA) is 47.4 Å². The monoisotopic (exact) mass is 323 g/mol. The fourth-order valence-electron chi connectivity index (χ4n) is 4.18. The molecule has 1 aliphatic carbocycles. The van der Waals surface area contributed by atoms with Gasteiger partial charge in [0.25, 0.3) is 5.91 Å². The molecule has 5 rings (SSSR count). The first-order valence-corrected chi connectivity index (χ1v) is 8.86. The summed E-state index contributed by atoms with van der Waals surface area (Å²) in [7, 11) is 0. The number of piperidine rings is 1. The molecule has 1 amide bonds. The van der Waals surface area contributed by atoms with Gasteiger partial charge in [0, 0.05) is 24.7 Å². The first kappa shape index (κ1) is 14.2. The van der Waals surface area contributed by atoms with E-state index in [1.165, 1.54) is 12.8 Å². The zero-order valence-corrected chi connectivity index (χ0v) is 13.6. The summed E-state index contributed by atoms with van der Waals surface area (Å²) in [6.07, 6.45) is 3.56. The summed E-state index contributed by atoms with van der Waals surface area (Å²) < 4.78 is 7.80. The number of benzene rings is 1. The van der Waals surface area contributed by atoms with Crippen LogP contribution in [0.5, 0.6) is 0 Å². The van der Waals surface area contributed by atoms with E-state index < -0.39 is 0 Å². The van der Waals surface area contributed by atoms with E-state index in [0.29, 0.717) is 24.9 Å². The summed E-state index contributed by atoms with van der Waals surface area (Å²) in [4.78, 5) is 20.0. The number of likely N-dealkylation sites (tertiary alicyclic amines) is 1. The number of nitrogens with zero attached hydrogens (tertiary/aromatic N) is 3.